The van der Waals surface area contributed by atoms with Crippen LogP contribution in [0.15, 0.2) is 0 Å². The standard InChI is InChI=1S/C12H18N2O2/c1-9-3-6-14(10(9)7-15)11(16)12(8-13)4-2-5-12/h9-10,15H,2-7H2,1H3. The quantitative estimate of drug-likeness (QED) is 0.755. The summed E-state index contributed by atoms with van der Waals surface area (Å²) in [5, 5.41) is 18.4. The number of rotatable bonds is 2. The van der Waals surface area contributed by atoms with Gasteiger partial charge in [-0.1, -0.05) is 6.92 Å². The van der Waals surface area contributed by atoms with Crippen molar-refractivity contribution in [2.45, 2.75) is 38.6 Å². The normalized spacial score (nSPS) is 31.9. The first-order chi connectivity index (χ1) is 7.64. The van der Waals surface area contributed by atoms with Gasteiger partial charge in [0, 0.05) is 6.54 Å². The summed E-state index contributed by atoms with van der Waals surface area (Å²) < 4.78 is 0. The maximum absolute atomic E-state index is 12.3. The molecule has 1 N–H and O–H groups in total. The molecular weight excluding hydrogens is 204 g/mol. The Bertz CT molecular complexity index is 330. The zero-order valence-electron chi connectivity index (χ0n) is 9.65. The van der Waals surface area contributed by atoms with Crippen molar-refractivity contribution in [3.63, 3.8) is 0 Å². The van der Waals surface area contributed by atoms with Crippen molar-refractivity contribution >= 4 is 5.91 Å². The van der Waals surface area contributed by atoms with E-state index < -0.39 is 5.41 Å². The van der Waals surface area contributed by atoms with Gasteiger partial charge in [-0.05, 0) is 31.6 Å². The lowest BCUT2D eigenvalue weighted by atomic mass is 9.69. The van der Waals surface area contributed by atoms with Crippen molar-refractivity contribution in [3.8, 4) is 6.07 Å². The predicted octanol–water partition coefficient (Wildman–Crippen LogP) is 0.910. The zero-order chi connectivity index (χ0) is 11.8. The molecule has 2 unspecified atom stereocenters. The van der Waals surface area contributed by atoms with Gasteiger partial charge in [-0.15, -0.1) is 0 Å². The van der Waals surface area contributed by atoms with Crippen LogP contribution in [-0.2, 0) is 4.79 Å². The zero-order valence-corrected chi connectivity index (χ0v) is 9.65. The second-order valence-electron chi connectivity index (χ2n) is 5.06. The summed E-state index contributed by atoms with van der Waals surface area (Å²) in [4.78, 5) is 14.0. The Kier molecular flexibility index (Phi) is 2.90. The van der Waals surface area contributed by atoms with E-state index in [1.54, 1.807) is 4.90 Å². The molecule has 88 valence electrons. The van der Waals surface area contributed by atoms with Gasteiger partial charge in [0.2, 0.25) is 5.91 Å². The largest absolute Gasteiger partial charge is 0.394 e. The number of hydrogen-bond acceptors (Lipinski definition) is 3. The minimum atomic E-state index is -0.766. The van der Waals surface area contributed by atoms with Crippen LogP contribution in [0.3, 0.4) is 0 Å². The van der Waals surface area contributed by atoms with E-state index in [1.807, 2.05) is 6.92 Å². The lowest BCUT2D eigenvalue weighted by Gasteiger charge is -2.39. The molecule has 4 nitrogen and oxygen atoms in total. The summed E-state index contributed by atoms with van der Waals surface area (Å²) in [7, 11) is 0. The number of nitrogens with zero attached hydrogens (tertiary/aromatic N) is 2. The highest BCUT2D eigenvalue weighted by Gasteiger charge is 2.49. The summed E-state index contributed by atoms with van der Waals surface area (Å²) in [5.41, 5.74) is -0.766. The summed E-state index contributed by atoms with van der Waals surface area (Å²) in [6.45, 7) is 2.75. The Balaban J connectivity index is 2.13. The van der Waals surface area contributed by atoms with Crippen LogP contribution in [0, 0.1) is 22.7 Å². The molecule has 2 fully saturated rings. The summed E-state index contributed by atoms with van der Waals surface area (Å²) in [5.74, 6) is 0.286. The number of aliphatic hydroxyl groups is 1. The Hall–Kier alpha value is -1.08. The maximum Gasteiger partial charge on any atom is 0.243 e. The minimum absolute atomic E-state index is 0.00835. The molecule has 4 heteroatoms. The number of carbonyl (C=O) groups excluding carboxylic acids is 1. The Labute approximate surface area is 95.9 Å². The highest BCUT2D eigenvalue weighted by atomic mass is 16.3. The number of hydrogen-bond donors (Lipinski definition) is 1. The van der Waals surface area contributed by atoms with E-state index in [-0.39, 0.29) is 18.6 Å². The molecule has 0 aromatic rings. The first-order valence-electron chi connectivity index (χ1n) is 5.98. The van der Waals surface area contributed by atoms with Crippen LogP contribution in [0.2, 0.25) is 0 Å². The predicted molar refractivity (Wildman–Crippen MR) is 58.3 cm³/mol. The fourth-order valence-corrected chi connectivity index (χ4v) is 2.72. The molecule has 2 aliphatic rings. The van der Waals surface area contributed by atoms with Crippen LogP contribution in [0.5, 0.6) is 0 Å². The molecule has 1 saturated carbocycles. The second-order valence-corrected chi connectivity index (χ2v) is 5.06. The smallest absolute Gasteiger partial charge is 0.243 e. The van der Waals surface area contributed by atoms with Crippen molar-refractivity contribution in [2.75, 3.05) is 13.2 Å². The topological polar surface area (TPSA) is 64.3 Å². The van der Waals surface area contributed by atoms with Crippen molar-refractivity contribution in [1.29, 1.82) is 5.26 Å². The maximum atomic E-state index is 12.3. The molecule has 1 heterocycles. The molecular formula is C12H18N2O2. The highest BCUT2D eigenvalue weighted by molar-refractivity contribution is 5.87. The van der Waals surface area contributed by atoms with Crippen molar-refractivity contribution in [3.05, 3.63) is 0 Å². The fraction of sp³-hybridized carbons (Fsp3) is 0.833. The molecule has 0 aromatic carbocycles. The van der Waals surface area contributed by atoms with Crippen LogP contribution >= 0.6 is 0 Å². The highest BCUT2D eigenvalue weighted by Crippen LogP contribution is 2.43. The van der Waals surface area contributed by atoms with Crippen LogP contribution in [0.4, 0.5) is 0 Å². The van der Waals surface area contributed by atoms with Crippen LogP contribution in [0.1, 0.15) is 32.6 Å². The molecule has 1 aliphatic carbocycles. The minimum Gasteiger partial charge on any atom is -0.394 e. The van der Waals surface area contributed by atoms with E-state index in [0.717, 1.165) is 12.8 Å². The molecule has 0 radical (unpaired) electrons. The van der Waals surface area contributed by atoms with Gasteiger partial charge in [-0.2, -0.15) is 5.26 Å². The summed E-state index contributed by atoms with van der Waals surface area (Å²) >= 11 is 0. The summed E-state index contributed by atoms with van der Waals surface area (Å²) in [6, 6.07) is 2.09. The lowest BCUT2D eigenvalue weighted by Crippen LogP contribution is -2.50. The third-order valence-electron chi connectivity index (χ3n) is 4.16. The molecule has 1 amide bonds. The van der Waals surface area contributed by atoms with Crippen molar-refractivity contribution < 1.29 is 9.90 Å². The molecule has 0 spiro atoms. The van der Waals surface area contributed by atoms with Crippen molar-refractivity contribution in [2.24, 2.45) is 11.3 Å². The molecule has 1 saturated heterocycles. The van der Waals surface area contributed by atoms with Crippen LogP contribution < -0.4 is 0 Å². The van der Waals surface area contributed by atoms with Gasteiger partial charge in [0.05, 0.1) is 18.7 Å². The molecule has 2 atom stereocenters. The van der Waals surface area contributed by atoms with E-state index in [0.29, 0.717) is 25.3 Å². The summed E-state index contributed by atoms with van der Waals surface area (Å²) in [6.07, 6.45) is 3.27. The number of likely N-dealkylation sites (tertiary alicyclic amines) is 1. The fourth-order valence-electron chi connectivity index (χ4n) is 2.72. The average molecular weight is 222 g/mol. The number of aliphatic hydroxyl groups excluding tert-OH is 1. The molecule has 0 aromatic heterocycles. The van der Waals surface area contributed by atoms with Gasteiger partial charge >= 0.3 is 0 Å². The molecule has 1 aliphatic heterocycles. The van der Waals surface area contributed by atoms with Gasteiger partial charge in [-0.25, -0.2) is 0 Å². The monoisotopic (exact) mass is 222 g/mol. The number of amides is 1. The van der Waals surface area contributed by atoms with Crippen LogP contribution in [0.25, 0.3) is 0 Å². The first-order valence-corrected chi connectivity index (χ1v) is 5.98. The Morgan fingerprint density at radius 1 is 1.62 bits per heavy atom. The number of carbonyl (C=O) groups is 1. The third-order valence-corrected chi connectivity index (χ3v) is 4.16. The SMILES string of the molecule is CC1CCN(C(=O)C2(C#N)CCC2)C1CO. The third kappa shape index (κ3) is 1.51. The Morgan fingerprint density at radius 2 is 2.31 bits per heavy atom. The molecule has 0 bridgehead atoms. The molecule has 2 rings (SSSR count). The van der Waals surface area contributed by atoms with Gasteiger partial charge in [-0.3, -0.25) is 4.79 Å². The van der Waals surface area contributed by atoms with Gasteiger partial charge in [0.1, 0.15) is 5.41 Å². The average Bonchev–Trinajstić information content (AvgIpc) is 2.58. The van der Waals surface area contributed by atoms with Crippen molar-refractivity contribution in [1.82, 2.24) is 4.90 Å². The van der Waals surface area contributed by atoms with E-state index in [1.165, 1.54) is 0 Å². The van der Waals surface area contributed by atoms with Gasteiger partial charge in [0.15, 0.2) is 0 Å². The first kappa shape index (κ1) is 11.4. The Morgan fingerprint density at radius 3 is 2.75 bits per heavy atom. The van der Waals surface area contributed by atoms with E-state index in [4.69, 9.17) is 5.26 Å². The lowest BCUT2D eigenvalue weighted by molar-refractivity contribution is -0.145. The van der Waals surface area contributed by atoms with E-state index >= 15 is 0 Å². The van der Waals surface area contributed by atoms with Gasteiger partial charge < -0.3 is 10.0 Å². The molecule has 16 heavy (non-hydrogen) atoms. The number of nitriles is 1. The van der Waals surface area contributed by atoms with Crippen LogP contribution in [-0.4, -0.2) is 35.1 Å². The van der Waals surface area contributed by atoms with E-state index in [9.17, 15) is 9.90 Å². The van der Waals surface area contributed by atoms with E-state index in [2.05, 4.69) is 6.07 Å². The van der Waals surface area contributed by atoms with Gasteiger partial charge in [0.25, 0.3) is 0 Å². The second kappa shape index (κ2) is 4.06.